The molecule has 4 heteroatoms. The third kappa shape index (κ3) is 8.48. The second-order valence-electron chi connectivity index (χ2n) is 5.86. The predicted molar refractivity (Wildman–Crippen MR) is 65.4 cm³/mol. The van der Waals surface area contributed by atoms with Crippen molar-refractivity contribution >= 4 is 11.9 Å². The summed E-state index contributed by atoms with van der Waals surface area (Å²) in [7, 11) is 0. The molecule has 0 saturated heterocycles. The van der Waals surface area contributed by atoms with E-state index in [-0.39, 0.29) is 5.57 Å². The average molecular weight is 242 g/mol. The summed E-state index contributed by atoms with van der Waals surface area (Å²) in [5, 5.41) is 0. The maximum Gasteiger partial charge on any atom is 0.334 e. The molecule has 0 rings (SSSR count). The fourth-order valence-electron chi connectivity index (χ4n) is 0.926. The van der Waals surface area contributed by atoms with Gasteiger partial charge in [-0.15, -0.1) is 0 Å². The minimum Gasteiger partial charge on any atom is -0.457 e. The zero-order valence-electron chi connectivity index (χ0n) is 11.7. The summed E-state index contributed by atoms with van der Waals surface area (Å²) in [6.45, 7) is 12.1. The van der Waals surface area contributed by atoms with Crippen LogP contribution in [0.5, 0.6) is 0 Å². The maximum atomic E-state index is 11.6. The van der Waals surface area contributed by atoms with Gasteiger partial charge < -0.3 is 9.47 Å². The molecule has 0 aromatic rings. The standard InChI is InChI=1S/C13H22O4/c1-9(11(15)17-13(5,6)7)8-10(14)16-12(2,3)4/h8H,1-7H3. The molecular weight excluding hydrogens is 220 g/mol. The van der Waals surface area contributed by atoms with Crippen LogP contribution in [0, 0.1) is 0 Å². The summed E-state index contributed by atoms with van der Waals surface area (Å²) in [5.74, 6) is -1.05. The van der Waals surface area contributed by atoms with Crippen molar-refractivity contribution in [2.45, 2.75) is 59.7 Å². The quantitative estimate of drug-likeness (QED) is 0.551. The number of ether oxygens (including phenoxy) is 2. The smallest absolute Gasteiger partial charge is 0.334 e. The fourth-order valence-corrected chi connectivity index (χ4v) is 0.926. The third-order valence-electron chi connectivity index (χ3n) is 1.46. The van der Waals surface area contributed by atoms with Crippen LogP contribution in [0.3, 0.4) is 0 Å². The summed E-state index contributed by atoms with van der Waals surface area (Å²) in [6.07, 6.45) is 1.15. The van der Waals surface area contributed by atoms with Crippen LogP contribution in [0.4, 0.5) is 0 Å². The normalized spacial score (nSPS) is 13.2. The van der Waals surface area contributed by atoms with Crippen molar-refractivity contribution < 1.29 is 19.1 Å². The van der Waals surface area contributed by atoms with E-state index in [4.69, 9.17) is 9.47 Å². The molecular formula is C13H22O4. The largest absolute Gasteiger partial charge is 0.457 e. The SMILES string of the molecule is CC(=CC(=O)OC(C)(C)C)C(=O)OC(C)(C)C. The van der Waals surface area contributed by atoms with Crippen molar-refractivity contribution in [3.63, 3.8) is 0 Å². The van der Waals surface area contributed by atoms with Gasteiger partial charge in [0.15, 0.2) is 0 Å². The number of carbonyl (C=O) groups is 2. The highest BCUT2D eigenvalue weighted by Crippen LogP contribution is 2.12. The minimum absolute atomic E-state index is 0.231. The van der Waals surface area contributed by atoms with Crippen molar-refractivity contribution in [1.82, 2.24) is 0 Å². The molecule has 0 aromatic heterocycles. The van der Waals surface area contributed by atoms with Gasteiger partial charge in [0.25, 0.3) is 0 Å². The Morgan fingerprint density at radius 1 is 0.882 bits per heavy atom. The number of hydrogen-bond acceptors (Lipinski definition) is 4. The lowest BCUT2D eigenvalue weighted by Gasteiger charge is -2.20. The molecule has 0 unspecified atom stereocenters. The highest BCUT2D eigenvalue weighted by molar-refractivity contribution is 5.96. The highest BCUT2D eigenvalue weighted by Gasteiger charge is 2.20. The summed E-state index contributed by atoms with van der Waals surface area (Å²) < 4.78 is 10.2. The van der Waals surface area contributed by atoms with E-state index in [1.165, 1.54) is 6.92 Å². The van der Waals surface area contributed by atoms with Crippen LogP contribution in [0.1, 0.15) is 48.5 Å². The molecule has 0 aromatic carbocycles. The fraction of sp³-hybridized carbons (Fsp3) is 0.692. The van der Waals surface area contributed by atoms with Crippen LogP contribution in [0.15, 0.2) is 11.6 Å². The van der Waals surface area contributed by atoms with Gasteiger partial charge in [0, 0.05) is 11.6 Å². The lowest BCUT2D eigenvalue weighted by Crippen LogP contribution is -2.26. The predicted octanol–water partition coefficient (Wildman–Crippen LogP) is 2.62. The van der Waals surface area contributed by atoms with Crippen LogP contribution in [-0.4, -0.2) is 23.1 Å². The molecule has 0 radical (unpaired) electrons. The van der Waals surface area contributed by atoms with E-state index in [0.29, 0.717) is 0 Å². The molecule has 0 saturated carbocycles. The number of rotatable bonds is 2. The second-order valence-corrected chi connectivity index (χ2v) is 5.86. The first-order valence-electron chi connectivity index (χ1n) is 5.55. The monoisotopic (exact) mass is 242 g/mol. The van der Waals surface area contributed by atoms with Gasteiger partial charge in [0.05, 0.1) is 0 Å². The van der Waals surface area contributed by atoms with Crippen LogP contribution in [0.2, 0.25) is 0 Å². The van der Waals surface area contributed by atoms with Crippen molar-refractivity contribution in [3.05, 3.63) is 11.6 Å². The molecule has 4 nitrogen and oxygen atoms in total. The number of esters is 2. The Hall–Kier alpha value is -1.32. The lowest BCUT2D eigenvalue weighted by molar-refractivity contribution is -0.152. The molecule has 0 atom stereocenters. The van der Waals surface area contributed by atoms with Gasteiger partial charge in [-0.05, 0) is 48.5 Å². The summed E-state index contributed by atoms with van der Waals surface area (Å²) >= 11 is 0. The Balaban J connectivity index is 4.55. The Labute approximate surface area is 103 Å². The molecule has 0 aliphatic carbocycles. The molecule has 0 N–H and O–H groups in total. The van der Waals surface area contributed by atoms with Crippen molar-refractivity contribution in [2.24, 2.45) is 0 Å². The Morgan fingerprint density at radius 2 is 1.29 bits per heavy atom. The van der Waals surface area contributed by atoms with E-state index >= 15 is 0 Å². The summed E-state index contributed by atoms with van der Waals surface area (Å²) in [5.41, 5.74) is -0.906. The van der Waals surface area contributed by atoms with E-state index in [2.05, 4.69) is 0 Å². The van der Waals surface area contributed by atoms with Crippen LogP contribution in [0.25, 0.3) is 0 Å². The zero-order valence-corrected chi connectivity index (χ0v) is 11.7. The van der Waals surface area contributed by atoms with E-state index in [1.54, 1.807) is 41.5 Å². The van der Waals surface area contributed by atoms with Crippen molar-refractivity contribution in [3.8, 4) is 0 Å². The molecule has 17 heavy (non-hydrogen) atoms. The first-order chi connectivity index (χ1) is 7.41. The summed E-state index contributed by atoms with van der Waals surface area (Å²) in [6, 6.07) is 0. The first-order valence-corrected chi connectivity index (χ1v) is 5.55. The van der Waals surface area contributed by atoms with Gasteiger partial charge in [-0.1, -0.05) is 0 Å². The molecule has 0 fully saturated rings. The third-order valence-corrected chi connectivity index (χ3v) is 1.46. The van der Waals surface area contributed by atoms with Gasteiger partial charge in [-0.2, -0.15) is 0 Å². The molecule has 0 heterocycles. The van der Waals surface area contributed by atoms with Gasteiger partial charge in [-0.25, -0.2) is 9.59 Å². The maximum absolute atomic E-state index is 11.6. The molecule has 0 bridgehead atoms. The molecule has 0 spiro atoms. The molecule has 0 amide bonds. The second kappa shape index (κ2) is 5.34. The van der Waals surface area contributed by atoms with E-state index in [9.17, 15) is 9.59 Å². The highest BCUT2D eigenvalue weighted by atomic mass is 16.6. The van der Waals surface area contributed by atoms with Gasteiger partial charge >= 0.3 is 11.9 Å². The number of hydrogen-bond donors (Lipinski definition) is 0. The molecule has 0 aliphatic heterocycles. The lowest BCUT2D eigenvalue weighted by atomic mass is 10.2. The van der Waals surface area contributed by atoms with Crippen LogP contribution < -0.4 is 0 Å². The van der Waals surface area contributed by atoms with Crippen LogP contribution in [-0.2, 0) is 19.1 Å². The topological polar surface area (TPSA) is 52.6 Å². The minimum atomic E-state index is -0.569. The van der Waals surface area contributed by atoms with Gasteiger partial charge in [0.1, 0.15) is 11.2 Å². The van der Waals surface area contributed by atoms with Crippen molar-refractivity contribution in [2.75, 3.05) is 0 Å². The first kappa shape index (κ1) is 15.7. The number of carbonyl (C=O) groups excluding carboxylic acids is 2. The zero-order chi connectivity index (χ0) is 13.9. The Morgan fingerprint density at radius 3 is 1.65 bits per heavy atom. The molecule has 0 aliphatic rings. The summed E-state index contributed by atoms with van der Waals surface area (Å²) in [4.78, 5) is 23.0. The van der Waals surface area contributed by atoms with E-state index < -0.39 is 23.1 Å². The van der Waals surface area contributed by atoms with Gasteiger partial charge in [0.2, 0.25) is 0 Å². The molecule has 98 valence electrons. The van der Waals surface area contributed by atoms with Crippen LogP contribution >= 0.6 is 0 Å². The average Bonchev–Trinajstić information content (AvgIpc) is 1.95. The van der Waals surface area contributed by atoms with E-state index in [1.807, 2.05) is 0 Å². The Bertz CT molecular complexity index is 326. The van der Waals surface area contributed by atoms with E-state index in [0.717, 1.165) is 6.08 Å². The van der Waals surface area contributed by atoms with Crippen molar-refractivity contribution in [1.29, 1.82) is 0 Å². The Kier molecular flexibility index (Phi) is 4.93. The van der Waals surface area contributed by atoms with Gasteiger partial charge in [-0.3, -0.25) is 0 Å².